The van der Waals surface area contributed by atoms with E-state index in [4.69, 9.17) is 0 Å². The molecule has 0 bridgehead atoms. The number of piperidine rings is 1. The summed E-state index contributed by atoms with van der Waals surface area (Å²) in [6.45, 7) is 2.48. The zero-order chi connectivity index (χ0) is 12.3. The molecule has 1 heterocycles. The number of hydrogen-bond acceptors (Lipinski definition) is 3. The number of carbonyl (C=O) groups excluding carboxylic acids is 2. The van der Waals surface area contributed by atoms with Gasteiger partial charge in [-0.3, -0.25) is 9.59 Å². The monoisotopic (exact) mass is 239 g/mol. The Morgan fingerprint density at radius 1 is 1.41 bits per heavy atom. The molecule has 5 nitrogen and oxygen atoms in total. The summed E-state index contributed by atoms with van der Waals surface area (Å²) in [4.78, 5) is 22.3. The minimum atomic E-state index is -0.166. The first kappa shape index (κ1) is 12.4. The highest BCUT2D eigenvalue weighted by Crippen LogP contribution is 2.38. The highest BCUT2D eigenvalue weighted by molar-refractivity contribution is 5.83. The molecule has 1 saturated carbocycles. The van der Waals surface area contributed by atoms with Crippen LogP contribution in [0.1, 0.15) is 39.0 Å². The fourth-order valence-corrected chi connectivity index (χ4v) is 2.75. The van der Waals surface area contributed by atoms with E-state index in [1.807, 2.05) is 0 Å². The van der Waals surface area contributed by atoms with Crippen LogP contribution in [-0.2, 0) is 9.59 Å². The van der Waals surface area contributed by atoms with E-state index < -0.39 is 0 Å². The zero-order valence-electron chi connectivity index (χ0n) is 10.3. The lowest BCUT2D eigenvalue weighted by atomic mass is 9.70. The van der Waals surface area contributed by atoms with Crippen LogP contribution in [-0.4, -0.2) is 36.5 Å². The Morgan fingerprint density at radius 3 is 2.76 bits per heavy atom. The summed E-state index contributed by atoms with van der Waals surface area (Å²) in [5, 5.41) is 9.09. The number of rotatable bonds is 3. The summed E-state index contributed by atoms with van der Waals surface area (Å²) in [5.41, 5.74) is 0.296. The Labute approximate surface area is 102 Å². The number of nitrogens with one attached hydrogen (secondary N) is 3. The van der Waals surface area contributed by atoms with Crippen LogP contribution < -0.4 is 16.0 Å². The van der Waals surface area contributed by atoms with E-state index in [0.717, 1.165) is 19.4 Å². The topological polar surface area (TPSA) is 70.2 Å². The normalized spacial score (nSPS) is 26.1. The van der Waals surface area contributed by atoms with Gasteiger partial charge in [-0.15, -0.1) is 0 Å². The van der Waals surface area contributed by atoms with Crippen LogP contribution in [0.3, 0.4) is 0 Å². The molecule has 1 unspecified atom stereocenters. The van der Waals surface area contributed by atoms with E-state index >= 15 is 0 Å². The third kappa shape index (κ3) is 3.19. The van der Waals surface area contributed by atoms with Crippen LogP contribution in [0.5, 0.6) is 0 Å². The lowest BCUT2D eigenvalue weighted by Gasteiger charge is -2.48. The molecule has 2 amide bonds. The molecule has 0 aromatic carbocycles. The lowest BCUT2D eigenvalue weighted by Crippen LogP contribution is -2.60. The molecule has 3 N–H and O–H groups in total. The number of carbonyl (C=O) groups is 2. The van der Waals surface area contributed by atoms with Crippen molar-refractivity contribution in [2.45, 2.75) is 50.6 Å². The molecule has 17 heavy (non-hydrogen) atoms. The molecule has 0 radical (unpaired) electrons. The Kier molecular flexibility index (Phi) is 3.66. The largest absolute Gasteiger partial charge is 0.352 e. The molecular weight excluding hydrogens is 218 g/mol. The molecule has 1 spiro atoms. The third-order valence-electron chi connectivity index (χ3n) is 3.80. The molecule has 1 saturated heterocycles. The van der Waals surface area contributed by atoms with Crippen molar-refractivity contribution in [2.24, 2.45) is 0 Å². The SMILES string of the molecule is CC(=O)NCC(=O)NC1CCNC2(CCC2)C1. The average Bonchev–Trinajstić information content (AvgIpc) is 2.25. The van der Waals surface area contributed by atoms with Crippen molar-refractivity contribution in [1.29, 1.82) is 0 Å². The quantitative estimate of drug-likeness (QED) is 0.645. The van der Waals surface area contributed by atoms with Gasteiger partial charge >= 0.3 is 0 Å². The van der Waals surface area contributed by atoms with Gasteiger partial charge in [0.25, 0.3) is 0 Å². The van der Waals surface area contributed by atoms with Gasteiger partial charge in [-0.05, 0) is 38.6 Å². The standard InChI is InChI=1S/C12H21N3O2/c1-9(16)13-8-11(17)15-10-3-6-14-12(7-10)4-2-5-12/h10,14H,2-8H2,1H3,(H,13,16)(H,15,17). The van der Waals surface area contributed by atoms with Crippen molar-refractivity contribution >= 4 is 11.8 Å². The molecule has 5 heteroatoms. The lowest BCUT2D eigenvalue weighted by molar-refractivity contribution is -0.125. The van der Waals surface area contributed by atoms with Gasteiger partial charge in [0.2, 0.25) is 11.8 Å². The van der Waals surface area contributed by atoms with E-state index in [9.17, 15) is 9.59 Å². The highest BCUT2D eigenvalue weighted by atomic mass is 16.2. The molecule has 1 aliphatic carbocycles. The van der Waals surface area contributed by atoms with Gasteiger partial charge in [0.1, 0.15) is 0 Å². The number of hydrogen-bond donors (Lipinski definition) is 3. The second kappa shape index (κ2) is 5.04. The van der Waals surface area contributed by atoms with Crippen molar-refractivity contribution in [3.8, 4) is 0 Å². The summed E-state index contributed by atoms with van der Waals surface area (Å²) < 4.78 is 0. The van der Waals surface area contributed by atoms with Gasteiger partial charge < -0.3 is 16.0 Å². The number of amides is 2. The summed E-state index contributed by atoms with van der Waals surface area (Å²) in [6.07, 6.45) is 5.75. The molecule has 2 rings (SSSR count). The predicted molar refractivity (Wildman–Crippen MR) is 64.4 cm³/mol. The van der Waals surface area contributed by atoms with Crippen LogP contribution in [0, 0.1) is 0 Å². The van der Waals surface area contributed by atoms with E-state index in [0.29, 0.717) is 5.54 Å². The van der Waals surface area contributed by atoms with E-state index in [1.54, 1.807) is 0 Å². The first-order valence-corrected chi connectivity index (χ1v) is 6.38. The van der Waals surface area contributed by atoms with Gasteiger partial charge in [0.15, 0.2) is 0 Å². The van der Waals surface area contributed by atoms with Crippen LogP contribution >= 0.6 is 0 Å². The maximum atomic E-state index is 11.6. The summed E-state index contributed by atoms with van der Waals surface area (Å²) in [5.74, 6) is -0.248. The van der Waals surface area contributed by atoms with Gasteiger partial charge in [0.05, 0.1) is 6.54 Å². The van der Waals surface area contributed by atoms with E-state index in [-0.39, 0.29) is 24.4 Å². The van der Waals surface area contributed by atoms with Crippen LogP contribution in [0.2, 0.25) is 0 Å². The summed E-state index contributed by atoms with van der Waals surface area (Å²) in [7, 11) is 0. The Morgan fingerprint density at radius 2 is 2.18 bits per heavy atom. The Hall–Kier alpha value is -1.10. The van der Waals surface area contributed by atoms with Crippen LogP contribution in [0.25, 0.3) is 0 Å². The van der Waals surface area contributed by atoms with E-state index in [2.05, 4.69) is 16.0 Å². The smallest absolute Gasteiger partial charge is 0.239 e. The third-order valence-corrected chi connectivity index (χ3v) is 3.80. The maximum absolute atomic E-state index is 11.6. The van der Waals surface area contributed by atoms with Gasteiger partial charge in [-0.1, -0.05) is 0 Å². The molecule has 0 aromatic heterocycles. The minimum absolute atomic E-state index is 0.0819. The highest BCUT2D eigenvalue weighted by Gasteiger charge is 2.41. The van der Waals surface area contributed by atoms with Crippen molar-refractivity contribution in [3.63, 3.8) is 0 Å². The van der Waals surface area contributed by atoms with Crippen LogP contribution in [0.4, 0.5) is 0 Å². The fraction of sp³-hybridized carbons (Fsp3) is 0.833. The van der Waals surface area contributed by atoms with Crippen molar-refractivity contribution in [3.05, 3.63) is 0 Å². The second-order valence-electron chi connectivity index (χ2n) is 5.23. The van der Waals surface area contributed by atoms with Crippen molar-refractivity contribution in [2.75, 3.05) is 13.1 Å². The Balaban J connectivity index is 1.74. The second-order valence-corrected chi connectivity index (χ2v) is 5.23. The maximum Gasteiger partial charge on any atom is 0.239 e. The zero-order valence-corrected chi connectivity index (χ0v) is 10.3. The van der Waals surface area contributed by atoms with E-state index in [1.165, 1.54) is 26.2 Å². The van der Waals surface area contributed by atoms with Gasteiger partial charge in [-0.2, -0.15) is 0 Å². The first-order chi connectivity index (χ1) is 8.10. The van der Waals surface area contributed by atoms with Crippen LogP contribution in [0.15, 0.2) is 0 Å². The van der Waals surface area contributed by atoms with Crippen molar-refractivity contribution in [1.82, 2.24) is 16.0 Å². The summed E-state index contributed by atoms with van der Waals surface area (Å²) >= 11 is 0. The molecule has 1 atom stereocenters. The Bertz CT molecular complexity index is 313. The molecule has 96 valence electrons. The molecule has 2 aliphatic rings. The molecule has 0 aromatic rings. The predicted octanol–water partition coefficient (Wildman–Crippen LogP) is -0.0866. The molecule has 2 fully saturated rings. The fourth-order valence-electron chi connectivity index (χ4n) is 2.75. The van der Waals surface area contributed by atoms with Gasteiger partial charge in [-0.25, -0.2) is 0 Å². The summed E-state index contributed by atoms with van der Waals surface area (Å²) in [6, 6.07) is 0.262. The average molecular weight is 239 g/mol. The first-order valence-electron chi connectivity index (χ1n) is 6.38. The molecule has 1 aliphatic heterocycles. The minimum Gasteiger partial charge on any atom is -0.352 e. The molecular formula is C12H21N3O2. The van der Waals surface area contributed by atoms with Gasteiger partial charge in [0, 0.05) is 18.5 Å². The van der Waals surface area contributed by atoms with Crippen molar-refractivity contribution < 1.29 is 9.59 Å².